The molecule has 0 saturated heterocycles. The average molecular weight is 335 g/mol. The fourth-order valence-electron chi connectivity index (χ4n) is 1.72. The van der Waals surface area contributed by atoms with Gasteiger partial charge in [0.15, 0.2) is 5.69 Å². The molecular weight excluding hydrogens is 325 g/mol. The van der Waals surface area contributed by atoms with E-state index in [0.717, 1.165) is 0 Å². The molecule has 0 aliphatic heterocycles. The molecule has 0 saturated carbocycles. The first kappa shape index (κ1) is 13.9. The number of phenolic OH excluding ortho intramolecular Hbond substituents is 1. The van der Waals surface area contributed by atoms with Crippen LogP contribution < -0.4 is 0 Å². The third-order valence-electron chi connectivity index (χ3n) is 2.62. The topological polar surface area (TPSA) is 38.0 Å². The second-order valence-corrected chi connectivity index (χ2v) is 4.68. The lowest BCUT2D eigenvalue weighted by molar-refractivity contribution is -0.141. The molecule has 3 nitrogen and oxygen atoms in total. The van der Waals surface area contributed by atoms with Crippen LogP contribution in [0.25, 0.3) is 11.1 Å². The van der Waals surface area contributed by atoms with Crippen LogP contribution in [0.2, 0.25) is 0 Å². The normalized spacial score (nSPS) is 11.8. The number of aromatic hydroxyl groups is 1. The number of hydrogen-bond acceptors (Lipinski definition) is 2. The van der Waals surface area contributed by atoms with Gasteiger partial charge < -0.3 is 5.11 Å². The lowest BCUT2D eigenvalue weighted by atomic mass is 10.1. The SMILES string of the molecule is CCn1cc(-c2cccc(O)c2Br)c(C(F)(F)F)n1. The molecule has 19 heavy (non-hydrogen) atoms. The summed E-state index contributed by atoms with van der Waals surface area (Å²) in [5, 5.41) is 13.1. The molecule has 2 aromatic rings. The highest BCUT2D eigenvalue weighted by molar-refractivity contribution is 9.10. The van der Waals surface area contributed by atoms with Gasteiger partial charge in [-0.2, -0.15) is 18.3 Å². The summed E-state index contributed by atoms with van der Waals surface area (Å²) in [6.45, 7) is 2.04. The molecule has 0 aliphatic carbocycles. The molecule has 1 N–H and O–H groups in total. The van der Waals surface area contributed by atoms with Gasteiger partial charge in [-0.1, -0.05) is 12.1 Å². The largest absolute Gasteiger partial charge is 0.507 e. The molecule has 0 atom stereocenters. The van der Waals surface area contributed by atoms with E-state index in [1.54, 1.807) is 6.92 Å². The maximum absolute atomic E-state index is 13.0. The van der Waals surface area contributed by atoms with Crippen LogP contribution in [0.1, 0.15) is 12.6 Å². The third kappa shape index (κ3) is 2.60. The van der Waals surface area contributed by atoms with E-state index >= 15 is 0 Å². The lowest BCUT2D eigenvalue weighted by Crippen LogP contribution is -2.08. The van der Waals surface area contributed by atoms with Crippen molar-refractivity contribution in [3.8, 4) is 16.9 Å². The van der Waals surface area contributed by atoms with Crippen LogP contribution in [-0.4, -0.2) is 14.9 Å². The van der Waals surface area contributed by atoms with E-state index in [1.165, 1.54) is 29.1 Å². The Bertz CT molecular complexity index is 608. The van der Waals surface area contributed by atoms with Gasteiger partial charge in [0, 0.05) is 23.9 Å². The average Bonchev–Trinajstić information content (AvgIpc) is 2.76. The van der Waals surface area contributed by atoms with Crippen molar-refractivity contribution in [2.45, 2.75) is 19.6 Å². The Morgan fingerprint density at radius 3 is 2.58 bits per heavy atom. The number of nitrogens with zero attached hydrogens (tertiary/aromatic N) is 2. The van der Waals surface area contributed by atoms with Gasteiger partial charge in [0.2, 0.25) is 0 Å². The summed E-state index contributed by atoms with van der Waals surface area (Å²) in [6, 6.07) is 4.38. The molecule has 0 aliphatic rings. The van der Waals surface area contributed by atoms with Gasteiger partial charge >= 0.3 is 6.18 Å². The van der Waals surface area contributed by atoms with Crippen molar-refractivity contribution in [3.63, 3.8) is 0 Å². The Hall–Kier alpha value is -1.50. The van der Waals surface area contributed by atoms with Crippen LogP contribution in [0, 0.1) is 0 Å². The Balaban J connectivity index is 2.68. The summed E-state index contributed by atoms with van der Waals surface area (Å²) in [5.41, 5.74) is -0.759. The summed E-state index contributed by atoms with van der Waals surface area (Å²) in [4.78, 5) is 0. The highest BCUT2D eigenvalue weighted by atomic mass is 79.9. The van der Waals surface area contributed by atoms with Crippen LogP contribution >= 0.6 is 15.9 Å². The quantitative estimate of drug-likeness (QED) is 0.899. The second-order valence-electron chi connectivity index (χ2n) is 3.88. The zero-order chi connectivity index (χ0) is 14.2. The Morgan fingerprint density at radius 1 is 1.32 bits per heavy atom. The molecule has 102 valence electrons. The molecule has 7 heteroatoms. The van der Waals surface area contributed by atoms with Gasteiger partial charge in [-0.3, -0.25) is 4.68 Å². The Labute approximate surface area is 115 Å². The smallest absolute Gasteiger partial charge is 0.435 e. The minimum absolute atomic E-state index is 0.0582. The maximum Gasteiger partial charge on any atom is 0.435 e. The number of rotatable bonds is 2. The van der Waals surface area contributed by atoms with Gasteiger partial charge in [-0.15, -0.1) is 0 Å². The minimum atomic E-state index is -4.54. The molecule has 1 heterocycles. The van der Waals surface area contributed by atoms with Crippen molar-refractivity contribution in [2.24, 2.45) is 0 Å². The van der Waals surface area contributed by atoms with Gasteiger partial charge in [0.25, 0.3) is 0 Å². The second kappa shape index (κ2) is 4.88. The fourth-order valence-corrected chi connectivity index (χ4v) is 2.20. The van der Waals surface area contributed by atoms with Crippen LogP contribution in [0.5, 0.6) is 5.75 Å². The highest BCUT2D eigenvalue weighted by Crippen LogP contribution is 2.41. The molecule has 0 amide bonds. The molecule has 0 fully saturated rings. The summed E-state index contributed by atoms with van der Waals surface area (Å²) >= 11 is 3.09. The van der Waals surface area contributed by atoms with Crippen LogP contribution in [0.15, 0.2) is 28.9 Å². The third-order valence-corrected chi connectivity index (χ3v) is 3.46. The monoisotopic (exact) mass is 334 g/mol. The van der Waals surface area contributed by atoms with E-state index in [-0.39, 0.29) is 21.3 Å². The van der Waals surface area contributed by atoms with E-state index in [4.69, 9.17) is 0 Å². The Morgan fingerprint density at radius 2 is 2.00 bits per heavy atom. The lowest BCUT2D eigenvalue weighted by Gasteiger charge is -2.08. The molecule has 0 spiro atoms. The van der Waals surface area contributed by atoms with Crippen molar-refractivity contribution in [2.75, 3.05) is 0 Å². The van der Waals surface area contributed by atoms with Crippen molar-refractivity contribution < 1.29 is 18.3 Å². The summed E-state index contributed by atoms with van der Waals surface area (Å²) in [5.74, 6) is -0.116. The van der Waals surface area contributed by atoms with Gasteiger partial charge in [0.05, 0.1) is 4.47 Å². The van der Waals surface area contributed by atoms with E-state index < -0.39 is 11.9 Å². The summed E-state index contributed by atoms with van der Waals surface area (Å²) < 4.78 is 40.3. The van der Waals surface area contributed by atoms with E-state index in [1.807, 2.05) is 0 Å². The molecule has 1 aromatic carbocycles. The number of alkyl halides is 3. The first-order valence-electron chi connectivity index (χ1n) is 5.47. The van der Waals surface area contributed by atoms with Crippen LogP contribution in [0.4, 0.5) is 13.2 Å². The molecule has 1 aromatic heterocycles. The number of aromatic nitrogens is 2. The zero-order valence-electron chi connectivity index (χ0n) is 9.87. The number of phenols is 1. The van der Waals surface area contributed by atoms with Crippen molar-refractivity contribution in [1.82, 2.24) is 9.78 Å². The predicted octanol–water partition coefficient (Wildman–Crippen LogP) is 4.06. The number of benzene rings is 1. The Kier molecular flexibility index (Phi) is 3.58. The predicted molar refractivity (Wildman–Crippen MR) is 67.7 cm³/mol. The summed E-state index contributed by atoms with van der Waals surface area (Å²) in [6.07, 6.45) is -3.22. The van der Waals surface area contributed by atoms with Crippen LogP contribution in [-0.2, 0) is 12.7 Å². The van der Waals surface area contributed by atoms with E-state index in [0.29, 0.717) is 6.54 Å². The zero-order valence-corrected chi connectivity index (χ0v) is 11.5. The molecule has 0 unspecified atom stereocenters. The van der Waals surface area contributed by atoms with E-state index in [2.05, 4.69) is 21.0 Å². The fraction of sp³-hybridized carbons (Fsp3) is 0.250. The first-order chi connectivity index (χ1) is 8.84. The maximum atomic E-state index is 13.0. The van der Waals surface area contributed by atoms with Crippen LogP contribution in [0.3, 0.4) is 0 Å². The van der Waals surface area contributed by atoms with Crippen molar-refractivity contribution in [1.29, 1.82) is 0 Å². The summed E-state index contributed by atoms with van der Waals surface area (Å²) in [7, 11) is 0. The minimum Gasteiger partial charge on any atom is -0.507 e. The first-order valence-corrected chi connectivity index (χ1v) is 6.26. The standard InChI is InChI=1S/C12H10BrF3N2O/c1-2-18-6-8(11(17-18)12(14,15)16)7-4-3-5-9(19)10(7)13/h3-6,19H,2H2,1H3. The molecule has 0 bridgehead atoms. The van der Waals surface area contributed by atoms with Gasteiger partial charge in [-0.05, 0) is 28.9 Å². The number of halogens is 4. The van der Waals surface area contributed by atoms with Gasteiger partial charge in [0.1, 0.15) is 5.75 Å². The number of hydrogen-bond donors (Lipinski definition) is 1. The molecule has 2 rings (SSSR count). The molecule has 0 radical (unpaired) electrons. The molecular formula is C12H10BrF3N2O. The highest BCUT2D eigenvalue weighted by Gasteiger charge is 2.38. The van der Waals surface area contributed by atoms with Gasteiger partial charge in [-0.25, -0.2) is 0 Å². The van der Waals surface area contributed by atoms with Crippen molar-refractivity contribution in [3.05, 3.63) is 34.6 Å². The van der Waals surface area contributed by atoms with Crippen molar-refractivity contribution >= 4 is 15.9 Å². The van der Waals surface area contributed by atoms with E-state index in [9.17, 15) is 18.3 Å². The number of aryl methyl sites for hydroxylation is 1.